The van der Waals surface area contributed by atoms with E-state index in [0.717, 1.165) is 5.56 Å². The van der Waals surface area contributed by atoms with Crippen LogP contribution in [-0.4, -0.2) is 17.0 Å². The van der Waals surface area contributed by atoms with Crippen molar-refractivity contribution in [1.29, 1.82) is 0 Å². The average molecular weight is 219 g/mol. The van der Waals surface area contributed by atoms with Crippen LogP contribution in [0.15, 0.2) is 42.5 Å². The quantitative estimate of drug-likeness (QED) is 0.734. The average Bonchev–Trinajstić information content (AvgIpc) is 2.26. The van der Waals surface area contributed by atoms with E-state index in [9.17, 15) is 9.59 Å². The molecule has 0 radical (unpaired) electrons. The van der Waals surface area contributed by atoms with Crippen LogP contribution in [0.2, 0.25) is 0 Å². The molecular formula is C12H13NO3. The zero-order chi connectivity index (χ0) is 12.0. The van der Waals surface area contributed by atoms with Crippen LogP contribution in [0.1, 0.15) is 12.0 Å². The van der Waals surface area contributed by atoms with Crippen molar-refractivity contribution in [2.24, 2.45) is 0 Å². The molecule has 0 aromatic heterocycles. The Kier molecular flexibility index (Phi) is 4.27. The predicted octanol–water partition coefficient (Wildman–Crippen LogP) is 1.33. The van der Waals surface area contributed by atoms with Crippen LogP contribution in [0.3, 0.4) is 0 Å². The van der Waals surface area contributed by atoms with Gasteiger partial charge in [0.05, 0.1) is 6.42 Å². The zero-order valence-electron chi connectivity index (χ0n) is 8.77. The molecule has 0 aliphatic rings. The van der Waals surface area contributed by atoms with Gasteiger partial charge in [0.1, 0.15) is 0 Å². The molecule has 0 fully saturated rings. The number of amides is 1. The number of benzene rings is 1. The molecule has 0 heterocycles. The highest BCUT2D eigenvalue weighted by molar-refractivity contribution is 5.96. The molecule has 0 saturated heterocycles. The molecule has 0 aliphatic carbocycles. The Morgan fingerprint density at radius 2 is 1.88 bits per heavy atom. The van der Waals surface area contributed by atoms with Crippen LogP contribution >= 0.6 is 0 Å². The lowest BCUT2D eigenvalue weighted by Gasteiger charge is -2.05. The van der Waals surface area contributed by atoms with E-state index < -0.39 is 11.9 Å². The topological polar surface area (TPSA) is 66.4 Å². The minimum atomic E-state index is -1.06. The van der Waals surface area contributed by atoms with Crippen molar-refractivity contribution in [1.82, 2.24) is 5.32 Å². The van der Waals surface area contributed by atoms with Crippen molar-refractivity contribution >= 4 is 11.9 Å². The smallest absolute Gasteiger partial charge is 0.308 e. The van der Waals surface area contributed by atoms with Gasteiger partial charge in [-0.15, -0.1) is 0 Å². The zero-order valence-corrected chi connectivity index (χ0v) is 8.77. The second-order valence-corrected chi connectivity index (χ2v) is 3.34. The van der Waals surface area contributed by atoms with Gasteiger partial charge in [-0.3, -0.25) is 9.59 Å². The predicted molar refractivity (Wildman–Crippen MR) is 59.7 cm³/mol. The molecule has 1 aromatic carbocycles. The van der Waals surface area contributed by atoms with Crippen LogP contribution in [0, 0.1) is 0 Å². The van der Waals surface area contributed by atoms with Gasteiger partial charge < -0.3 is 10.4 Å². The van der Waals surface area contributed by atoms with Gasteiger partial charge in [-0.05, 0) is 5.56 Å². The molecule has 1 amide bonds. The second kappa shape index (κ2) is 5.70. The first kappa shape index (κ1) is 12.0. The van der Waals surface area contributed by atoms with Crippen LogP contribution in [0.4, 0.5) is 0 Å². The fourth-order valence-electron chi connectivity index (χ4n) is 1.17. The number of rotatable bonds is 5. The molecule has 0 unspecified atom stereocenters. The maximum Gasteiger partial charge on any atom is 0.308 e. The highest BCUT2D eigenvalue weighted by Crippen LogP contribution is 2.01. The van der Waals surface area contributed by atoms with Crippen LogP contribution < -0.4 is 5.32 Å². The summed E-state index contributed by atoms with van der Waals surface area (Å²) in [5.41, 5.74) is 1.02. The number of hydrogen-bond donors (Lipinski definition) is 2. The molecule has 0 spiro atoms. The third kappa shape index (κ3) is 3.96. The molecule has 0 saturated carbocycles. The molecule has 16 heavy (non-hydrogen) atoms. The number of carboxylic acid groups (broad SMARTS) is 1. The normalized spacial score (nSPS) is 9.50. The number of carbonyl (C=O) groups excluding carboxylic acids is 1. The molecule has 0 aliphatic heterocycles. The monoisotopic (exact) mass is 219 g/mol. The molecule has 1 aromatic rings. The van der Waals surface area contributed by atoms with E-state index in [1.807, 2.05) is 30.3 Å². The summed E-state index contributed by atoms with van der Waals surface area (Å²) in [5.74, 6) is -1.48. The van der Waals surface area contributed by atoms with E-state index in [0.29, 0.717) is 6.54 Å². The Bertz CT molecular complexity index is 398. The Balaban J connectivity index is 2.41. The van der Waals surface area contributed by atoms with Crippen molar-refractivity contribution in [3.05, 3.63) is 48.0 Å². The van der Waals surface area contributed by atoms with E-state index in [2.05, 4.69) is 11.9 Å². The Morgan fingerprint density at radius 3 is 2.44 bits per heavy atom. The maximum absolute atomic E-state index is 11.4. The molecule has 0 atom stereocenters. The van der Waals surface area contributed by atoms with Gasteiger partial charge in [-0.1, -0.05) is 36.9 Å². The molecule has 0 bridgehead atoms. The van der Waals surface area contributed by atoms with Gasteiger partial charge in [0, 0.05) is 12.1 Å². The van der Waals surface area contributed by atoms with Gasteiger partial charge in [0.15, 0.2) is 0 Å². The molecule has 1 rings (SSSR count). The Hall–Kier alpha value is -2.10. The van der Waals surface area contributed by atoms with E-state index in [1.165, 1.54) is 0 Å². The minimum Gasteiger partial charge on any atom is -0.481 e. The number of carbonyl (C=O) groups is 2. The Labute approximate surface area is 93.6 Å². The number of carboxylic acids is 1. The second-order valence-electron chi connectivity index (χ2n) is 3.34. The summed E-state index contributed by atoms with van der Waals surface area (Å²) in [7, 11) is 0. The maximum atomic E-state index is 11.4. The summed E-state index contributed by atoms with van der Waals surface area (Å²) < 4.78 is 0. The highest BCUT2D eigenvalue weighted by Gasteiger charge is 2.09. The fraction of sp³-hybridized carbons (Fsp3) is 0.167. The summed E-state index contributed by atoms with van der Waals surface area (Å²) >= 11 is 0. The first-order valence-corrected chi connectivity index (χ1v) is 4.81. The van der Waals surface area contributed by atoms with Gasteiger partial charge in [-0.2, -0.15) is 0 Å². The molecule has 2 N–H and O–H groups in total. The Morgan fingerprint density at radius 1 is 1.25 bits per heavy atom. The summed E-state index contributed by atoms with van der Waals surface area (Å²) in [4.78, 5) is 21.7. The SMILES string of the molecule is C=C(CC(=O)O)C(=O)NCc1ccccc1. The van der Waals surface area contributed by atoms with Crippen molar-refractivity contribution in [3.8, 4) is 0 Å². The third-order valence-electron chi connectivity index (χ3n) is 1.98. The van der Waals surface area contributed by atoms with E-state index in [1.54, 1.807) is 0 Å². The summed E-state index contributed by atoms with van der Waals surface area (Å²) in [5, 5.41) is 11.1. The fourth-order valence-corrected chi connectivity index (χ4v) is 1.17. The molecule has 4 heteroatoms. The van der Waals surface area contributed by atoms with Crippen LogP contribution in [0.25, 0.3) is 0 Å². The molecular weight excluding hydrogens is 206 g/mol. The van der Waals surface area contributed by atoms with Crippen LogP contribution in [-0.2, 0) is 16.1 Å². The lowest BCUT2D eigenvalue weighted by Crippen LogP contribution is -2.25. The minimum absolute atomic E-state index is 0.0587. The molecule has 4 nitrogen and oxygen atoms in total. The number of aliphatic carboxylic acids is 1. The van der Waals surface area contributed by atoms with E-state index in [4.69, 9.17) is 5.11 Å². The van der Waals surface area contributed by atoms with Gasteiger partial charge in [-0.25, -0.2) is 0 Å². The first-order valence-electron chi connectivity index (χ1n) is 4.81. The van der Waals surface area contributed by atoms with Crippen LogP contribution in [0.5, 0.6) is 0 Å². The standard InChI is InChI=1S/C12H13NO3/c1-9(7-11(14)15)12(16)13-8-10-5-3-2-4-6-10/h2-6H,1,7-8H2,(H,13,16)(H,14,15). The van der Waals surface area contributed by atoms with Crippen molar-refractivity contribution in [2.45, 2.75) is 13.0 Å². The van der Waals surface area contributed by atoms with Crippen molar-refractivity contribution in [3.63, 3.8) is 0 Å². The van der Waals surface area contributed by atoms with Gasteiger partial charge >= 0.3 is 5.97 Å². The molecule has 84 valence electrons. The summed E-state index contributed by atoms with van der Waals surface area (Å²) in [6.45, 7) is 3.79. The first-order chi connectivity index (χ1) is 7.59. The van der Waals surface area contributed by atoms with Gasteiger partial charge in [0.25, 0.3) is 0 Å². The highest BCUT2D eigenvalue weighted by atomic mass is 16.4. The lowest BCUT2D eigenvalue weighted by molar-refractivity contribution is -0.137. The van der Waals surface area contributed by atoms with Gasteiger partial charge in [0.2, 0.25) is 5.91 Å². The number of nitrogens with one attached hydrogen (secondary N) is 1. The largest absolute Gasteiger partial charge is 0.481 e. The van der Waals surface area contributed by atoms with Crippen molar-refractivity contribution < 1.29 is 14.7 Å². The lowest BCUT2D eigenvalue weighted by atomic mass is 10.2. The summed E-state index contributed by atoms with van der Waals surface area (Å²) in [6.07, 6.45) is -0.333. The van der Waals surface area contributed by atoms with E-state index >= 15 is 0 Å². The third-order valence-corrected chi connectivity index (χ3v) is 1.98. The number of hydrogen-bond acceptors (Lipinski definition) is 2. The van der Waals surface area contributed by atoms with E-state index in [-0.39, 0.29) is 12.0 Å². The summed E-state index contributed by atoms with van der Waals surface area (Å²) in [6, 6.07) is 9.37. The van der Waals surface area contributed by atoms with Crippen molar-refractivity contribution in [2.75, 3.05) is 0 Å².